The molecule has 0 radical (unpaired) electrons. The third-order valence-electron chi connectivity index (χ3n) is 3.43. The van der Waals surface area contributed by atoms with E-state index in [1.807, 2.05) is 19.1 Å². The Balaban J connectivity index is 2.50. The smallest absolute Gasteiger partial charge is 0.127 e. The number of para-hydroxylation sites is 1. The fraction of sp³-hybridized carbons (Fsp3) is 0.533. The van der Waals surface area contributed by atoms with Gasteiger partial charge in [-0.2, -0.15) is 0 Å². The van der Waals surface area contributed by atoms with Crippen molar-refractivity contribution in [2.24, 2.45) is 0 Å². The fourth-order valence-electron chi connectivity index (χ4n) is 2.46. The van der Waals surface area contributed by atoms with Gasteiger partial charge in [-0.1, -0.05) is 12.1 Å². The van der Waals surface area contributed by atoms with E-state index in [9.17, 15) is 0 Å². The number of benzene rings is 1. The van der Waals surface area contributed by atoms with E-state index in [-0.39, 0.29) is 11.5 Å². The number of aromatic nitrogens is 2. The van der Waals surface area contributed by atoms with Crippen molar-refractivity contribution in [3.8, 4) is 0 Å². The summed E-state index contributed by atoms with van der Waals surface area (Å²) in [5.41, 5.74) is 3.28. The van der Waals surface area contributed by atoms with Crippen LogP contribution in [0, 0.1) is 6.92 Å². The van der Waals surface area contributed by atoms with Crippen molar-refractivity contribution in [2.45, 2.75) is 31.9 Å². The van der Waals surface area contributed by atoms with Gasteiger partial charge in [-0.25, -0.2) is 4.98 Å². The fourth-order valence-corrected chi connectivity index (χ4v) is 2.62. The van der Waals surface area contributed by atoms with Crippen molar-refractivity contribution >= 4 is 22.6 Å². The molecular weight excluding hydrogens is 276 g/mol. The van der Waals surface area contributed by atoms with Gasteiger partial charge < -0.3 is 14.0 Å². The Hall–Kier alpha value is -1.10. The summed E-state index contributed by atoms with van der Waals surface area (Å²) in [6, 6.07) is 6.11. The summed E-state index contributed by atoms with van der Waals surface area (Å²) in [6.07, 6.45) is -0.0221. The number of nitrogens with zero attached hydrogens (tertiary/aromatic N) is 2. The summed E-state index contributed by atoms with van der Waals surface area (Å²) in [5.74, 6) is 0.870. The number of hydrogen-bond acceptors (Lipinski definition) is 3. The van der Waals surface area contributed by atoms with E-state index in [1.54, 1.807) is 14.2 Å². The quantitative estimate of drug-likeness (QED) is 0.767. The lowest BCUT2D eigenvalue weighted by Gasteiger charge is -2.18. The first-order valence-electron chi connectivity index (χ1n) is 6.70. The number of aryl methyl sites for hydroxylation is 1. The minimum Gasteiger partial charge on any atom is -0.382 e. The normalized spacial score (nSPS) is 14.7. The van der Waals surface area contributed by atoms with Crippen LogP contribution in [-0.2, 0) is 16.0 Å². The van der Waals surface area contributed by atoms with Gasteiger partial charge in [0.25, 0.3) is 0 Å². The molecule has 0 fully saturated rings. The highest BCUT2D eigenvalue weighted by molar-refractivity contribution is 6.20. The van der Waals surface area contributed by atoms with E-state index in [0.29, 0.717) is 13.2 Å². The SMILES string of the molecule is COCC(Cn1c(C(C)Cl)nc2cccc(C)c21)OC. The molecule has 4 nitrogen and oxygen atoms in total. The minimum absolute atomic E-state index is 0.0221. The molecule has 0 aliphatic heterocycles. The average molecular weight is 297 g/mol. The molecule has 1 aromatic heterocycles. The second-order valence-corrected chi connectivity index (χ2v) is 5.61. The third kappa shape index (κ3) is 2.97. The summed E-state index contributed by atoms with van der Waals surface area (Å²) in [6.45, 7) is 5.24. The maximum atomic E-state index is 6.28. The molecule has 1 aromatic carbocycles. The van der Waals surface area contributed by atoms with Crippen molar-refractivity contribution in [1.82, 2.24) is 9.55 Å². The van der Waals surface area contributed by atoms with Gasteiger partial charge in [-0.15, -0.1) is 11.6 Å². The number of halogens is 1. The zero-order valence-corrected chi connectivity index (χ0v) is 13.1. The van der Waals surface area contributed by atoms with Crippen molar-refractivity contribution in [2.75, 3.05) is 20.8 Å². The molecule has 0 saturated carbocycles. The highest BCUT2D eigenvalue weighted by Gasteiger charge is 2.19. The molecule has 0 N–H and O–H groups in total. The molecule has 1 heterocycles. The lowest BCUT2D eigenvalue weighted by Crippen LogP contribution is -2.25. The maximum absolute atomic E-state index is 6.28. The molecule has 0 amide bonds. The van der Waals surface area contributed by atoms with Crippen molar-refractivity contribution in [1.29, 1.82) is 0 Å². The molecule has 5 heteroatoms. The van der Waals surface area contributed by atoms with Crippen LogP contribution in [0.4, 0.5) is 0 Å². The van der Waals surface area contributed by atoms with Crippen LogP contribution in [0.3, 0.4) is 0 Å². The highest BCUT2D eigenvalue weighted by atomic mass is 35.5. The minimum atomic E-state index is -0.151. The van der Waals surface area contributed by atoms with Crippen LogP contribution in [0.25, 0.3) is 11.0 Å². The molecule has 2 unspecified atom stereocenters. The monoisotopic (exact) mass is 296 g/mol. The Kier molecular flexibility index (Phi) is 5.02. The molecule has 20 heavy (non-hydrogen) atoms. The number of methoxy groups -OCH3 is 2. The van der Waals surface area contributed by atoms with Crippen LogP contribution in [0.2, 0.25) is 0 Å². The lowest BCUT2D eigenvalue weighted by molar-refractivity contribution is 0.0185. The summed E-state index contributed by atoms with van der Waals surface area (Å²) >= 11 is 6.28. The van der Waals surface area contributed by atoms with Crippen LogP contribution < -0.4 is 0 Å². The molecule has 2 rings (SSSR count). The zero-order chi connectivity index (χ0) is 14.7. The molecule has 2 aromatic rings. The number of imidazole rings is 1. The van der Waals surface area contributed by atoms with E-state index in [4.69, 9.17) is 21.1 Å². The number of rotatable bonds is 6. The van der Waals surface area contributed by atoms with Crippen LogP contribution >= 0.6 is 11.6 Å². The molecule has 0 spiro atoms. The van der Waals surface area contributed by atoms with Gasteiger partial charge in [0.2, 0.25) is 0 Å². The Morgan fingerprint density at radius 1 is 1.35 bits per heavy atom. The maximum Gasteiger partial charge on any atom is 0.127 e. The molecule has 0 aliphatic rings. The standard InChI is InChI=1S/C15H21ClN2O2/c1-10-6-5-7-13-14(10)18(15(17-13)11(2)16)8-12(20-4)9-19-3/h5-7,11-12H,8-9H2,1-4H3. The van der Waals surface area contributed by atoms with Crippen molar-refractivity contribution < 1.29 is 9.47 Å². The Bertz CT molecular complexity index is 581. The largest absolute Gasteiger partial charge is 0.382 e. The third-order valence-corrected chi connectivity index (χ3v) is 3.62. The lowest BCUT2D eigenvalue weighted by atomic mass is 10.2. The van der Waals surface area contributed by atoms with Crippen LogP contribution in [-0.4, -0.2) is 36.5 Å². The zero-order valence-electron chi connectivity index (χ0n) is 12.4. The van der Waals surface area contributed by atoms with Gasteiger partial charge in [-0.05, 0) is 25.5 Å². The van der Waals surface area contributed by atoms with Gasteiger partial charge in [0.05, 0.1) is 35.7 Å². The average Bonchev–Trinajstić information content (AvgIpc) is 2.78. The summed E-state index contributed by atoms with van der Waals surface area (Å²) in [4.78, 5) is 4.66. The van der Waals surface area contributed by atoms with Crippen LogP contribution in [0.5, 0.6) is 0 Å². The van der Waals surface area contributed by atoms with Crippen molar-refractivity contribution in [3.05, 3.63) is 29.6 Å². The number of hydrogen-bond donors (Lipinski definition) is 0. The molecule has 110 valence electrons. The van der Waals surface area contributed by atoms with E-state index < -0.39 is 0 Å². The molecule has 0 aliphatic carbocycles. The topological polar surface area (TPSA) is 36.3 Å². The van der Waals surface area contributed by atoms with Gasteiger partial charge in [0, 0.05) is 14.2 Å². The first kappa shape index (κ1) is 15.3. The van der Waals surface area contributed by atoms with Crippen LogP contribution in [0.15, 0.2) is 18.2 Å². The molecule has 2 atom stereocenters. The number of alkyl halides is 1. The first-order valence-corrected chi connectivity index (χ1v) is 7.13. The van der Waals surface area contributed by atoms with Gasteiger partial charge in [0.1, 0.15) is 5.82 Å². The van der Waals surface area contributed by atoms with E-state index in [0.717, 1.165) is 16.9 Å². The Labute approximate surface area is 124 Å². The second-order valence-electron chi connectivity index (χ2n) is 4.95. The van der Waals surface area contributed by atoms with Crippen LogP contribution in [0.1, 0.15) is 23.7 Å². The Morgan fingerprint density at radius 2 is 2.10 bits per heavy atom. The Morgan fingerprint density at radius 3 is 2.70 bits per heavy atom. The van der Waals surface area contributed by atoms with Gasteiger partial charge in [-0.3, -0.25) is 0 Å². The van der Waals surface area contributed by atoms with E-state index in [2.05, 4.69) is 22.5 Å². The predicted molar refractivity (Wildman–Crippen MR) is 81.4 cm³/mol. The summed E-state index contributed by atoms with van der Waals surface area (Å²) in [5, 5.41) is -0.151. The van der Waals surface area contributed by atoms with E-state index >= 15 is 0 Å². The number of ether oxygens (including phenoxy) is 2. The molecule has 0 bridgehead atoms. The molecule has 0 saturated heterocycles. The first-order chi connectivity index (χ1) is 9.58. The van der Waals surface area contributed by atoms with Gasteiger partial charge >= 0.3 is 0 Å². The predicted octanol–water partition coefficient (Wildman–Crippen LogP) is 3.31. The molecular formula is C15H21ClN2O2. The van der Waals surface area contributed by atoms with Gasteiger partial charge in [0.15, 0.2) is 0 Å². The number of fused-ring (bicyclic) bond motifs is 1. The summed E-state index contributed by atoms with van der Waals surface area (Å²) < 4.78 is 12.8. The van der Waals surface area contributed by atoms with Crippen molar-refractivity contribution in [3.63, 3.8) is 0 Å². The second kappa shape index (κ2) is 6.57. The highest BCUT2D eigenvalue weighted by Crippen LogP contribution is 2.27. The summed E-state index contributed by atoms with van der Waals surface area (Å²) in [7, 11) is 3.37. The van der Waals surface area contributed by atoms with E-state index in [1.165, 1.54) is 5.56 Å².